The predicted molar refractivity (Wildman–Crippen MR) is 143 cm³/mol. The molecular formula is C29H21BF18NO3+. The summed E-state index contributed by atoms with van der Waals surface area (Å²) >= 11 is 0. The molecule has 0 heterocycles. The molecule has 0 fully saturated rings. The van der Waals surface area contributed by atoms with E-state index >= 15 is 0 Å². The zero-order chi connectivity index (χ0) is 40.2. The summed E-state index contributed by atoms with van der Waals surface area (Å²) in [5.41, 5.74) is -13.7. The molecule has 0 spiro atoms. The number of nitrogens with zero attached hydrogens (tertiary/aromatic N) is 1. The molecule has 0 saturated heterocycles. The standard InChI is InChI=1S/C29H21BF18NO3/c1-13(49(2,3)4)23-21(29(46,47)48)11-18(28(43,44)45)12-22(23)52-30(50-19-7-14(24(31,32)33)5-15(8-19)25(34,35)36)51-20-9-16(26(37,38)39)6-17(10-20)27(40,41)42/h5-13H,1-4H3/q+1. The minimum atomic E-state index is -5.62. The maximum atomic E-state index is 14.3. The van der Waals surface area contributed by atoms with Crippen LogP contribution in [0.2, 0.25) is 0 Å². The van der Waals surface area contributed by atoms with Gasteiger partial charge in [-0.25, -0.2) is 0 Å². The van der Waals surface area contributed by atoms with Crippen LogP contribution in [0.4, 0.5) is 79.0 Å². The molecular weight excluding hydrogens is 763 g/mol. The fourth-order valence-electron chi connectivity index (χ4n) is 4.33. The molecule has 52 heavy (non-hydrogen) atoms. The average molecular weight is 784 g/mol. The summed E-state index contributed by atoms with van der Waals surface area (Å²) in [5.74, 6) is -4.72. The molecule has 0 aliphatic rings. The van der Waals surface area contributed by atoms with Crippen molar-refractivity contribution in [1.29, 1.82) is 0 Å². The van der Waals surface area contributed by atoms with E-state index in [1.54, 1.807) is 0 Å². The highest BCUT2D eigenvalue weighted by molar-refractivity contribution is 6.39. The minimum Gasteiger partial charge on any atom is -0.490 e. The summed E-state index contributed by atoms with van der Waals surface area (Å²) in [4.78, 5) is 0. The number of rotatable bonds is 8. The Morgan fingerprint density at radius 1 is 0.442 bits per heavy atom. The molecule has 3 aromatic rings. The van der Waals surface area contributed by atoms with Crippen molar-refractivity contribution in [2.24, 2.45) is 0 Å². The molecule has 0 bridgehead atoms. The van der Waals surface area contributed by atoms with Crippen LogP contribution in [0.5, 0.6) is 17.2 Å². The Hall–Kier alpha value is -4.18. The Labute approximate surface area is 281 Å². The topological polar surface area (TPSA) is 27.7 Å². The maximum Gasteiger partial charge on any atom is 0.864 e. The lowest BCUT2D eigenvalue weighted by Crippen LogP contribution is -2.41. The molecule has 0 radical (unpaired) electrons. The average Bonchev–Trinajstić information content (AvgIpc) is 2.92. The summed E-state index contributed by atoms with van der Waals surface area (Å²) < 4.78 is 261. The van der Waals surface area contributed by atoms with Crippen LogP contribution >= 0.6 is 0 Å². The van der Waals surface area contributed by atoms with Crippen LogP contribution in [-0.2, 0) is 37.1 Å². The van der Waals surface area contributed by atoms with Crippen LogP contribution in [0.1, 0.15) is 51.9 Å². The van der Waals surface area contributed by atoms with Gasteiger partial charge in [-0.05, 0) is 55.5 Å². The molecule has 3 aromatic carbocycles. The lowest BCUT2D eigenvalue weighted by Gasteiger charge is -2.34. The van der Waals surface area contributed by atoms with Crippen LogP contribution < -0.4 is 14.0 Å². The first kappa shape index (κ1) is 42.2. The highest BCUT2D eigenvalue weighted by Crippen LogP contribution is 2.46. The predicted octanol–water partition coefficient (Wildman–Crippen LogP) is 11.1. The van der Waals surface area contributed by atoms with Gasteiger partial charge in [-0.3, -0.25) is 0 Å². The van der Waals surface area contributed by atoms with E-state index in [1.807, 2.05) is 0 Å². The van der Waals surface area contributed by atoms with E-state index < -0.39 is 123 Å². The molecule has 4 nitrogen and oxygen atoms in total. The fourth-order valence-corrected chi connectivity index (χ4v) is 4.33. The second-order valence-electron chi connectivity index (χ2n) is 11.8. The quantitative estimate of drug-likeness (QED) is 0.129. The van der Waals surface area contributed by atoms with Crippen LogP contribution in [0, 0.1) is 0 Å². The van der Waals surface area contributed by atoms with Crippen molar-refractivity contribution in [2.45, 2.75) is 50.0 Å². The summed E-state index contributed by atoms with van der Waals surface area (Å²) in [7, 11) is 0.440. The number of quaternary nitrogens is 1. The van der Waals surface area contributed by atoms with Crippen LogP contribution in [-0.4, -0.2) is 32.9 Å². The molecule has 23 heteroatoms. The van der Waals surface area contributed by atoms with Crippen LogP contribution in [0.15, 0.2) is 48.5 Å². The van der Waals surface area contributed by atoms with Gasteiger partial charge in [-0.2, -0.15) is 79.0 Å². The Balaban J connectivity index is 2.42. The number of alkyl halides is 18. The third-order valence-electron chi connectivity index (χ3n) is 7.16. The SMILES string of the molecule is CC(c1c(OB(Oc2cc(C(F)(F)F)cc(C(F)(F)F)c2)Oc2cc(C(F)(F)F)cc(C(F)(F)F)c2)cc(C(F)(F)F)cc1C(F)(F)F)[N+](C)(C)C. The number of halogens is 18. The van der Waals surface area contributed by atoms with Gasteiger partial charge in [0.05, 0.1) is 60.1 Å². The Morgan fingerprint density at radius 3 is 1.02 bits per heavy atom. The van der Waals surface area contributed by atoms with E-state index in [9.17, 15) is 79.0 Å². The maximum absolute atomic E-state index is 14.3. The van der Waals surface area contributed by atoms with Gasteiger partial charge in [0.15, 0.2) is 0 Å². The summed E-state index contributed by atoms with van der Waals surface area (Å²) in [5, 5.41) is 0. The molecule has 3 rings (SSSR count). The number of hydrogen-bond donors (Lipinski definition) is 0. The van der Waals surface area contributed by atoms with Gasteiger partial charge in [-0.15, -0.1) is 0 Å². The van der Waals surface area contributed by atoms with E-state index in [0.717, 1.165) is 6.92 Å². The van der Waals surface area contributed by atoms with Gasteiger partial charge in [0.2, 0.25) is 0 Å². The van der Waals surface area contributed by atoms with E-state index in [4.69, 9.17) is 14.0 Å². The van der Waals surface area contributed by atoms with E-state index in [2.05, 4.69) is 0 Å². The second kappa shape index (κ2) is 13.7. The molecule has 1 unspecified atom stereocenters. The summed E-state index contributed by atoms with van der Waals surface area (Å²) in [6.07, 6.45) is -33.5. The van der Waals surface area contributed by atoms with Crippen molar-refractivity contribution in [2.75, 3.05) is 21.1 Å². The Kier molecular flexibility index (Phi) is 11.1. The monoisotopic (exact) mass is 784 g/mol. The minimum absolute atomic E-state index is 0.114. The Bertz CT molecular complexity index is 1610. The number of hydrogen-bond acceptors (Lipinski definition) is 3. The van der Waals surface area contributed by atoms with Crippen molar-refractivity contribution in [3.05, 3.63) is 87.5 Å². The summed E-state index contributed by atoms with van der Waals surface area (Å²) in [6.45, 7) is 1.02. The Morgan fingerprint density at radius 2 is 0.750 bits per heavy atom. The molecule has 0 aliphatic carbocycles. The smallest absolute Gasteiger partial charge is 0.490 e. The van der Waals surface area contributed by atoms with Crippen molar-refractivity contribution < 1.29 is 97.5 Å². The second-order valence-corrected chi connectivity index (χ2v) is 11.8. The third-order valence-corrected chi connectivity index (χ3v) is 7.16. The zero-order valence-electron chi connectivity index (χ0n) is 26.2. The zero-order valence-corrected chi connectivity index (χ0v) is 26.2. The van der Waals surface area contributed by atoms with Crippen molar-refractivity contribution >= 4 is 7.32 Å². The molecule has 0 aliphatic heterocycles. The van der Waals surface area contributed by atoms with E-state index in [0.29, 0.717) is 0 Å². The fraction of sp³-hybridized carbons (Fsp3) is 0.379. The van der Waals surface area contributed by atoms with Crippen LogP contribution in [0.3, 0.4) is 0 Å². The highest BCUT2D eigenvalue weighted by Gasteiger charge is 2.46. The first-order valence-corrected chi connectivity index (χ1v) is 13.8. The van der Waals surface area contributed by atoms with Crippen LogP contribution in [0.25, 0.3) is 0 Å². The molecule has 0 aromatic heterocycles. The lowest BCUT2D eigenvalue weighted by atomic mass is 9.94. The van der Waals surface area contributed by atoms with Gasteiger partial charge in [0.1, 0.15) is 23.3 Å². The normalized spacial score (nSPS) is 14.3. The largest absolute Gasteiger partial charge is 0.864 e. The van der Waals surface area contributed by atoms with Gasteiger partial charge >= 0.3 is 44.4 Å². The van der Waals surface area contributed by atoms with Gasteiger partial charge in [-0.1, -0.05) is 0 Å². The number of benzene rings is 3. The first-order valence-electron chi connectivity index (χ1n) is 13.8. The van der Waals surface area contributed by atoms with Gasteiger partial charge < -0.3 is 18.4 Å². The molecule has 288 valence electrons. The first-order chi connectivity index (χ1) is 23.1. The van der Waals surface area contributed by atoms with E-state index in [-0.39, 0.29) is 36.4 Å². The van der Waals surface area contributed by atoms with E-state index in [1.165, 1.54) is 21.1 Å². The van der Waals surface area contributed by atoms with Crippen molar-refractivity contribution in [3.63, 3.8) is 0 Å². The summed E-state index contributed by atoms with van der Waals surface area (Å²) in [6, 6.07) is -3.64. The van der Waals surface area contributed by atoms with Crippen molar-refractivity contribution in [3.8, 4) is 17.2 Å². The lowest BCUT2D eigenvalue weighted by molar-refractivity contribution is -0.900. The van der Waals surface area contributed by atoms with Crippen molar-refractivity contribution in [1.82, 2.24) is 0 Å². The van der Waals surface area contributed by atoms with Gasteiger partial charge in [0.25, 0.3) is 0 Å². The molecule has 0 saturated carbocycles. The molecule has 1 atom stereocenters. The van der Waals surface area contributed by atoms with Gasteiger partial charge in [0, 0.05) is 0 Å². The molecule has 0 N–H and O–H groups in total. The third kappa shape index (κ3) is 10.5. The molecule has 0 amide bonds. The highest BCUT2D eigenvalue weighted by atomic mass is 19.4.